The molecule has 0 rings (SSSR count). The molecule has 0 aromatic rings. The quantitative estimate of drug-likeness (QED) is 0.434. The summed E-state index contributed by atoms with van der Waals surface area (Å²) in [5, 5.41) is 0. The molecule has 1 nitrogen and oxygen atoms in total. The Labute approximate surface area is 83.0 Å². The topological polar surface area (TPSA) is 12.4 Å². The summed E-state index contributed by atoms with van der Waals surface area (Å²) in [6.07, 6.45) is 8.38. The van der Waals surface area contributed by atoms with Crippen LogP contribution in [0.4, 0.5) is 0 Å². The molecule has 0 aromatic carbocycles. The zero-order valence-corrected chi connectivity index (χ0v) is 9.56. The SMILES string of the molecule is CCCCC/C(CC)=C(\C)C=NC. The molecule has 0 unspecified atom stereocenters. The van der Waals surface area contributed by atoms with Gasteiger partial charge in [0.15, 0.2) is 0 Å². The number of allylic oxidation sites excluding steroid dienone is 2. The van der Waals surface area contributed by atoms with Gasteiger partial charge in [-0.25, -0.2) is 0 Å². The fourth-order valence-corrected chi connectivity index (χ4v) is 1.53. The Hall–Kier alpha value is -0.590. The number of aliphatic imine (C=N–C) groups is 1. The fraction of sp³-hybridized carbons (Fsp3) is 0.750. The van der Waals surface area contributed by atoms with E-state index in [9.17, 15) is 0 Å². The largest absolute Gasteiger partial charge is 0.296 e. The highest BCUT2D eigenvalue weighted by atomic mass is 14.6. The van der Waals surface area contributed by atoms with Crippen molar-refractivity contribution in [3.05, 3.63) is 11.1 Å². The van der Waals surface area contributed by atoms with Crippen LogP contribution in [0, 0.1) is 0 Å². The molecular weight excluding hydrogens is 158 g/mol. The Balaban J connectivity index is 4.06. The molecule has 0 fully saturated rings. The molecule has 13 heavy (non-hydrogen) atoms. The summed E-state index contributed by atoms with van der Waals surface area (Å²) in [5.74, 6) is 0. The van der Waals surface area contributed by atoms with Crippen LogP contribution in [0.5, 0.6) is 0 Å². The van der Waals surface area contributed by atoms with E-state index in [0.29, 0.717) is 0 Å². The lowest BCUT2D eigenvalue weighted by Crippen LogP contribution is -1.90. The Bertz CT molecular complexity index is 178. The second-order valence-electron chi connectivity index (χ2n) is 3.48. The minimum absolute atomic E-state index is 1.17. The number of hydrogen-bond acceptors (Lipinski definition) is 1. The maximum atomic E-state index is 4.05. The van der Waals surface area contributed by atoms with Crippen LogP contribution in [-0.2, 0) is 0 Å². The fourth-order valence-electron chi connectivity index (χ4n) is 1.53. The number of hydrogen-bond donors (Lipinski definition) is 0. The van der Waals surface area contributed by atoms with E-state index in [1.165, 1.54) is 37.7 Å². The van der Waals surface area contributed by atoms with Crippen molar-refractivity contribution in [2.75, 3.05) is 7.05 Å². The average molecular weight is 181 g/mol. The minimum Gasteiger partial charge on any atom is -0.296 e. The van der Waals surface area contributed by atoms with Crippen LogP contribution in [0.25, 0.3) is 0 Å². The smallest absolute Gasteiger partial charge is 0.0277 e. The van der Waals surface area contributed by atoms with Crippen molar-refractivity contribution < 1.29 is 0 Å². The lowest BCUT2D eigenvalue weighted by Gasteiger charge is -2.06. The molecule has 0 heterocycles. The van der Waals surface area contributed by atoms with Crippen molar-refractivity contribution in [1.82, 2.24) is 0 Å². The maximum Gasteiger partial charge on any atom is 0.0277 e. The van der Waals surface area contributed by atoms with E-state index < -0.39 is 0 Å². The van der Waals surface area contributed by atoms with Gasteiger partial charge in [0.25, 0.3) is 0 Å². The Morgan fingerprint density at radius 2 is 1.92 bits per heavy atom. The number of nitrogens with zero attached hydrogens (tertiary/aromatic N) is 1. The first-order valence-electron chi connectivity index (χ1n) is 5.37. The molecule has 0 spiro atoms. The Morgan fingerprint density at radius 1 is 1.23 bits per heavy atom. The summed E-state index contributed by atoms with van der Waals surface area (Å²) in [6, 6.07) is 0. The van der Waals surface area contributed by atoms with Crippen molar-refractivity contribution in [3.8, 4) is 0 Å². The second kappa shape index (κ2) is 8.03. The highest BCUT2D eigenvalue weighted by Gasteiger charge is 1.98. The summed E-state index contributed by atoms with van der Waals surface area (Å²) in [5.41, 5.74) is 2.93. The van der Waals surface area contributed by atoms with Gasteiger partial charge in [-0.15, -0.1) is 0 Å². The van der Waals surface area contributed by atoms with E-state index in [2.05, 4.69) is 25.8 Å². The summed E-state index contributed by atoms with van der Waals surface area (Å²) in [4.78, 5) is 4.05. The third-order valence-corrected chi connectivity index (χ3v) is 2.39. The molecule has 0 aliphatic heterocycles. The zero-order chi connectivity index (χ0) is 10.1. The molecule has 0 amide bonds. The monoisotopic (exact) mass is 181 g/mol. The molecule has 0 atom stereocenters. The van der Waals surface area contributed by atoms with Gasteiger partial charge in [-0.2, -0.15) is 0 Å². The Morgan fingerprint density at radius 3 is 2.38 bits per heavy atom. The summed E-state index contributed by atoms with van der Waals surface area (Å²) in [6.45, 7) is 6.64. The van der Waals surface area contributed by atoms with Gasteiger partial charge < -0.3 is 0 Å². The van der Waals surface area contributed by atoms with E-state index in [0.717, 1.165) is 0 Å². The van der Waals surface area contributed by atoms with Crippen LogP contribution in [0.15, 0.2) is 16.1 Å². The molecular formula is C12H23N. The molecule has 0 aliphatic carbocycles. The van der Waals surface area contributed by atoms with E-state index in [1.807, 2.05) is 13.3 Å². The highest BCUT2D eigenvalue weighted by Crippen LogP contribution is 2.15. The third-order valence-electron chi connectivity index (χ3n) is 2.39. The van der Waals surface area contributed by atoms with Crippen LogP contribution in [0.3, 0.4) is 0 Å². The highest BCUT2D eigenvalue weighted by molar-refractivity contribution is 5.78. The molecule has 0 aromatic heterocycles. The maximum absolute atomic E-state index is 4.05. The number of unbranched alkanes of at least 4 members (excludes halogenated alkanes) is 2. The first-order valence-corrected chi connectivity index (χ1v) is 5.37. The summed E-state index contributed by atoms with van der Waals surface area (Å²) >= 11 is 0. The van der Waals surface area contributed by atoms with Gasteiger partial charge in [0.2, 0.25) is 0 Å². The van der Waals surface area contributed by atoms with Crippen LogP contribution in [0.2, 0.25) is 0 Å². The van der Waals surface area contributed by atoms with Gasteiger partial charge in [-0.05, 0) is 31.8 Å². The lowest BCUT2D eigenvalue weighted by molar-refractivity contribution is 0.700. The average Bonchev–Trinajstić information content (AvgIpc) is 2.13. The standard InChI is InChI=1S/C12H23N/c1-5-7-8-9-12(6-2)11(3)10-13-4/h10H,5-9H2,1-4H3/b12-11+,13-10?. The first kappa shape index (κ1) is 12.4. The molecule has 76 valence electrons. The van der Waals surface area contributed by atoms with Crippen molar-refractivity contribution in [2.45, 2.75) is 52.9 Å². The lowest BCUT2D eigenvalue weighted by atomic mass is 10.0. The van der Waals surface area contributed by atoms with E-state index in [4.69, 9.17) is 0 Å². The molecule has 0 bridgehead atoms. The normalized spacial score (nSPS) is 13.5. The van der Waals surface area contributed by atoms with E-state index in [1.54, 1.807) is 5.57 Å². The predicted molar refractivity (Wildman–Crippen MR) is 61.5 cm³/mol. The molecule has 0 radical (unpaired) electrons. The summed E-state index contributed by atoms with van der Waals surface area (Å²) < 4.78 is 0. The minimum atomic E-state index is 1.17. The van der Waals surface area contributed by atoms with Gasteiger partial charge >= 0.3 is 0 Å². The third kappa shape index (κ3) is 5.62. The predicted octanol–water partition coefficient (Wildman–Crippen LogP) is 3.99. The van der Waals surface area contributed by atoms with Gasteiger partial charge in [-0.1, -0.05) is 32.3 Å². The molecule has 0 saturated heterocycles. The van der Waals surface area contributed by atoms with Crippen molar-refractivity contribution in [1.29, 1.82) is 0 Å². The van der Waals surface area contributed by atoms with E-state index >= 15 is 0 Å². The second-order valence-corrected chi connectivity index (χ2v) is 3.48. The zero-order valence-electron chi connectivity index (χ0n) is 9.56. The van der Waals surface area contributed by atoms with Gasteiger partial charge in [0, 0.05) is 13.3 Å². The number of rotatable bonds is 6. The molecule has 0 N–H and O–H groups in total. The van der Waals surface area contributed by atoms with Gasteiger partial charge in [0.1, 0.15) is 0 Å². The van der Waals surface area contributed by atoms with Crippen molar-refractivity contribution >= 4 is 6.21 Å². The summed E-state index contributed by atoms with van der Waals surface area (Å²) in [7, 11) is 1.84. The molecule has 0 saturated carbocycles. The molecule has 1 heteroatoms. The van der Waals surface area contributed by atoms with Gasteiger partial charge in [-0.3, -0.25) is 4.99 Å². The Kier molecular flexibility index (Phi) is 7.66. The first-order chi connectivity index (χ1) is 6.26. The van der Waals surface area contributed by atoms with Gasteiger partial charge in [0.05, 0.1) is 0 Å². The van der Waals surface area contributed by atoms with Crippen LogP contribution < -0.4 is 0 Å². The molecule has 0 aliphatic rings. The van der Waals surface area contributed by atoms with E-state index in [-0.39, 0.29) is 0 Å². The van der Waals surface area contributed by atoms with Crippen LogP contribution in [-0.4, -0.2) is 13.3 Å². The van der Waals surface area contributed by atoms with Crippen LogP contribution >= 0.6 is 0 Å². The van der Waals surface area contributed by atoms with Crippen molar-refractivity contribution in [3.63, 3.8) is 0 Å². The van der Waals surface area contributed by atoms with Crippen LogP contribution in [0.1, 0.15) is 52.9 Å². The van der Waals surface area contributed by atoms with Crippen molar-refractivity contribution in [2.24, 2.45) is 4.99 Å².